The van der Waals surface area contributed by atoms with E-state index in [1.165, 1.54) is 52.0 Å². The van der Waals surface area contributed by atoms with Crippen molar-refractivity contribution in [1.29, 1.82) is 0 Å². The quantitative estimate of drug-likeness (QED) is 0.679. The molecule has 2 aromatic rings. The van der Waals surface area contributed by atoms with Crippen LogP contribution in [0.25, 0.3) is 23.3 Å². The maximum atomic E-state index is 2.48. The molecule has 0 N–H and O–H groups in total. The number of aryl methyl sites for hydroxylation is 1. The highest BCUT2D eigenvalue weighted by Gasteiger charge is 2.26. The SMILES string of the molecule is CC1(C)C=c2c(ccc3c2=CCCC3)-c2ccccc21. The Labute approximate surface area is 120 Å². The standard InChI is InChI=1S/C20H20/c1-20(2)13-18-15-8-4-3-7-14(15)11-12-16(18)17-9-5-6-10-19(17)20/h5-6,8-13H,3-4,7H2,1-2H3. The second-order valence-corrected chi connectivity index (χ2v) is 6.61. The lowest BCUT2D eigenvalue weighted by Gasteiger charge is -2.29. The van der Waals surface area contributed by atoms with Gasteiger partial charge >= 0.3 is 0 Å². The molecule has 2 aromatic carbocycles. The summed E-state index contributed by atoms with van der Waals surface area (Å²) < 4.78 is 0. The van der Waals surface area contributed by atoms with E-state index in [-0.39, 0.29) is 5.41 Å². The van der Waals surface area contributed by atoms with Gasteiger partial charge in [-0.25, -0.2) is 0 Å². The van der Waals surface area contributed by atoms with Gasteiger partial charge in [-0.1, -0.05) is 62.4 Å². The zero-order chi connectivity index (χ0) is 13.7. The first kappa shape index (κ1) is 12.0. The summed E-state index contributed by atoms with van der Waals surface area (Å²) >= 11 is 0. The smallest absolute Gasteiger partial charge is 0.00908 e. The summed E-state index contributed by atoms with van der Waals surface area (Å²) in [6.45, 7) is 4.66. The van der Waals surface area contributed by atoms with Gasteiger partial charge in [0.1, 0.15) is 0 Å². The molecule has 2 aliphatic carbocycles. The van der Waals surface area contributed by atoms with Crippen LogP contribution in [0, 0.1) is 0 Å². The van der Waals surface area contributed by atoms with Gasteiger partial charge in [-0.3, -0.25) is 0 Å². The molecule has 0 unspecified atom stereocenters. The van der Waals surface area contributed by atoms with Crippen LogP contribution < -0.4 is 10.4 Å². The largest absolute Gasteiger partial charge is 0.0764 e. The van der Waals surface area contributed by atoms with E-state index in [9.17, 15) is 0 Å². The average molecular weight is 260 g/mol. The molecule has 0 heterocycles. The van der Waals surface area contributed by atoms with Crippen molar-refractivity contribution in [2.24, 2.45) is 0 Å². The van der Waals surface area contributed by atoms with Crippen molar-refractivity contribution >= 4 is 12.2 Å². The summed E-state index contributed by atoms with van der Waals surface area (Å²) in [7, 11) is 0. The maximum absolute atomic E-state index is 2.48. The van der Waals surface area contributed by atoms with E-state index in [1.54, 1.807) is 0 Å². The van der Waals surface area contributed by atoms with Crippen LogP contribution in [-0.2, 0) is 11.8 Å². The van der Waals surface area contributed by atoms with Crippen molar-refractivity contribution in [2.45, 2.75) is 38.5 Å². The predicted octanol–water partition coefficient (Wildman–Crippen LogP) is 3.54. The fourth-order valence-electron chi connectivity index (χ4n) is 3.79. The molecule has 20 heavy (non-hydrogen) atoms. The molecule has 0 bridgehead atoms. The van der Waals surface area contributed by atoms with Crippen LogP contribution >= 0.6 is 0 Å². The fourth-order valence-corrected chi connectivity index (χ4v) is 3.79. The zero-order valence-electron chi connectivity index (χ0n) is 12.2. The van der Waals surface area contributed by atoms with Crippen LogP contribution in [0.2, 0.25) is 0 Å². The van der Waals surface area contributed by atoms with Crippen LogP contribution in [0.5, 0.6) is 0 Å². The van der Waals surface area contributed by atoms with E-state index in [1.807, 2.05) is 0 Å². The van der Waals surface area contributed by atoms with Gasteiger partial charge in [0.25, 0.3) is 0 Å². The Kier molecular flexibility index (Phi) is 2.44. The Bertz CT molecular complexity index is 806. The molecular weight excluding hydrogens is 240 g/mol. The van der Waals surface area contributed by atoms with Gasteiger partial charge in [-0.05, 0) is 52.0 Å². The number of hydrogen-bond acceptors (Lipinski definition) is 0. The molecule has 0 spiro atoms. The number of fused-ring (bicyclic) bond motifs is 5. The molecule has 0 heteroatoms. The molecule has 4 rings (SSSR count). The molecule has 2 aliphatic rings. The van der Waals surface area contributed by atoms with Crippen molar-refractivity contribution in [2.75, 3.05) is 0 Å². The van der Waals surface area contributed by atoms with Crippen molar-refractivity contribution in [3.8, 4) is 11.1 Å². The number of hydrogen-bond donors (Lipinski definition) is 0. The van der Waals surface area contributed by atoms with Crippen molar-refractivity contribution in [1.82, 2.24) is 0 Å². The normalized spacial score (nSPS) is 18.1. The van der Waals surface area contributed by atoms with E-state index >= 15 is 0 Å². The first-order valence-electron chi connectivity index (χ1n) is 7.62. The molecule has 0 aromatic heterocycles. The Balaban J connectivity index is 2.16. The molecule has 0 saturated heterocycles. The highest BCUT2D eigenvalue weighted by atomic mass is 14.3. The fraction of sp³-hybridized carbons (Fsp3) is 0.300. The topological polar surface area (TPSA) is 0 Å². The number of benzene rings is 2. The number of rotatable bonds is 0. The van der Waals surface area contributed by atoms with Crippen molar-refractivity contribution in [3.63, 3.8) is 0 Å². The van der Waals surface area contributed by atoms with E-state index < -0.39 is 0 Å². The second-order valence-electron chi connectivity index (χ2n) is 6.61. The molecule has 0 radical (unpaired) electrons. The van der Waals surface area contributed by atoms with E-state index in [0.717, 1.165) is 0 Å². The summed E-state index contributed by atoms with van der Waals surface area (Å²) in [5.41, 5.74) is 5.92. The molecule has 0 fully saturated rings. The highest BCUT2D eigenvalue weighted by molar-refractivity contribution is 5.77. The summed E-state index contributed by atoms with van der Waals surface area (Å²) in [5.74, 6) is 0. The first-order valence-corrected chi connectivity index (χ1v) is 7.62. The lowest BCUT2D eigenvalue weighted by molar-refractivity contribution is 0.707. The Hall–Kier alpha value is -1.82. The van der Waals surface area contributed by atoms with Crippen LogP contribution in [0.3, 0.4) is 0 Å². The van der Waals surface area contributed by atoms with Gasteiger partial charge in [0, 0.05) is 5.41 Å². The molecule has 0 amide bonds. The predicted molar refractivity (Wildman–Crippen MR) is 86.0 cm³/mol. The molecule has 0 saturated carbocycles. The van der Waals surface area contributed by atoms with Gasteiger partial charge in [0.2, 0.25) is 0 Å². The lowest BCUT2D eigenvalue weighted by Crippen LogP contribution is -2.37. The van der Waals surface area contributed by atoms with Crippen LogP contribution in [0.4, 0.5) is 0 Å². The first-order chi connectivity index (χ1) is 9.67. The summed E-state index contributed by atoms with van der Waals surface area (Å²) in [6.07, 6.45) is 8.67. The van der Waals surface area contributed by atoms with Gasteiger partial charge < -0.3 is 0 Å². The van der Waals surface area contributed by atoms with Gasteiger partial charge in [-0.15, -0.1) is 0 Å². The van der Waals surface area contributed by atoms with Crippen LogP contribution in [0.1, 0.15) is 37.8 Å². The van der Waals surface area contributed by atoms with Gasteiger partial charge in [-0.2, -0.15) is 0 Å². The minimum atomic E-state index is 0.115. The molecule has 0 aliphatic heterocycles. The second kappa shape index (κ2) is 4.09. The summed E-state index contributed by atoms with van der Waals surface area (Å²) in [4.78, 5) is 0. The maximum Gasteiger partial charge on any atom is 0.00908 e. The Morgan fingerprint density at radius 2 is 1.75 bits per heavy atom. The van der Waals surface area contributed by atoms with Gasteiger partial charge in [0.15, 0.2) is 0 Å². The van der Waals surface area contributed by atoms with E-state index in [4.69, 9.17) is 0 Å². The van der Waals surface area contributed by atoms with Crippen molar-refractivity contribution in [3.05, 3.63) is 58.0 Å². The van der Waals surface area contributed by atoms with E-state index in [2.05, 4.69) is 62.4 Å². The monoisotopic (exact) mass is 260 g/mol. The Morgan fingerprint density at radius 3 is 2.65 bits per heavy atom. The summed E-state index contributed by atoms with van der Waals surface area (Å²) in [6, 6.07) is 13.5. The zero-order valence-corrected chi connectivity index (χ0v) is 12.2. The third-order valence-corrected chi connectivity index (χ3v) is 4.79. The molecular formula is C20H20. The average Bonchev–Trinajstić information content (AvgIpc) is 2.47. The van der Waals surface area contributed by atoms with Crippen LogP contribution in [0.15, 0.2) is 36.4 Å². The molecule has 100 valence electrons. The minimum absolute atomic E-state index is 0.115. The summed E-state index contributed by atoms with van der Waals surface area (Å²) in [5, 5.41) is 2.96. The minimum Gasteiger partial charge on any atom is -0.0764 e. The van der Waals surface area contributed by atoms with Crippen LogP contribution in [-0.4, -0.2) is 0 Å². The van der Waals surface area contributed by atoms with Crippen molar-refractivity contribution < 1.29 is 0 Å². The van der Waals surface area contributed by atoms with Gasteiger partial charge in [0.05, 0.1) is 0 Å². The lowest BCUT2D eigenvalue weighted by atomic mass is 9.74. The highest BCUT2D eigenvalue weighted by Crippen LogP contribution is 2.36. The Morgan fingerprint density at radius 1 is 0.900 bits per heavy atom. The third-order valence-electron chi connectivity index (χ3n) is 4.79. The third kappa shape index (κ3) is 1.61. The molecule has 0 atom stereocenters. The molecule has 0 nitrogen and oxygen atoms in total. The van der Waals surface area contributed by atoms with E-state index in [0.29, 0.717) is 0 Å².